The molecule has 3 nitrogen and oxygen atoms in total. The van der Waals surface area contributed by atoms with E-state index in [1.165, 1.54) is 20.7 Å². The maximum Gasteiger partial charge on any atom is 0.267 e. The second-order valence-corrected chi connectivity index (χ2v) is 6.86. The van der Waals surface area contributed by atoms with Crippen LogP contribution in [-0.4, -0.2) is 17.0 Å². The number of benzene rings is 1. The van der Waals surface area contributed by atoms with Crippen molar-refractivity contribution in [3.63, 3.8) is 0 Å². The summed E-state index contributed by atoms with van der Waals surface area (Å²) in [5, 5.41) is 2.91. The van der Waals surface area contributed by atoms with Gasteiger partial charge in [-0.1, -0.05) is 29.8 Å². The van der Waals surface area contributed by atoms with Gasteiger partial charge < -0.3 is 9.88 Å². The molecule has 0 unspecified atom stereocenters. The third kappa shape index (κ3) is 2.79. The fourth-order valence-electron chi connectivity index (χ4n) is 2.77. The molecule has 1 N–H and O–H groups in total. The van der Waals surface area contributed by atoms with Gasteiger partial charge in [0.05, 0.1) is 10.2 Å². The van der Waals surface area contributed by atoms with Gasteiger partial charge in [0.15, 0.2) is 0 Å². The molecule has 1 amide bonds. The first kappa shape index (κ1) is 14.9. The Kier molecular flexibility index (Phi) is 4.03. The van der Waals surface area contributed by atoms with Crippen LogP contribution in [0.25, 0.3) is 10.2 Å². The van der Waals surface area contributed by atoms with E-state index < -0.39 is 0 Å². The number of hydrogen-bond acceptors (Lipinski definition) is 2. The van der Waals surface area contributed by atoms with Gasteiger partial charge in [-0.15, -0.1) is 11.3 Å². The third-order valence-corrected chi connectivity index (χ3v) is 4.69. The zero-order chi connectivity index (χ0) is 15.7. The molecule has 22 heavy (non-hydrogen) atoms. The van der Waals surface area contributed by atoms with Crippen molar-refractivity contribution >= 4 is 27.5 Å². The molecule has 1 aromatic carbocycles. The lowest BCUT2D eigenvalue weighted by molar-refractivity contribution is 0.0947. The quantitative estimate of drug-likeness (QED) is 0.772. The molecule has 0 aliphatic heterocycles. The number of amides is 1. The van der Waals surface area contributed by atoms with Crippen molar-refractivity contribution in [1.82, 2.24) is 9.88 Å². The van der Waals surface area contributed by atoms with Gasteiger partial charge >= 0.3 is 0 Å². The number of rotatable bonds is 4. The fourth-order valence-corrected chi connectivity index (χ4v) is 3.73. The highest BCUT2D eigenvalue weighted by atomic mass is 32.1. The zero-order valence-electron chi connectivity index (χ0n) is 13.1. The van der Waals surface area contributed by atoms with Crippen molar-refractivity contribution in [2.45, 2.75) is 27.3 Å². The van der Waals surface area contributed by atoms with Crippen LogP contribution in [0, 0.1) is 13.8 Å². The first-order chi connectivity index (χ1) is 10.6. The van der Waals surface area contributed by atoms with Crippen LogP contribution in [-0.2, 0) is 6.54 Å². The number of fused-ring (bicyclic) bond motifs is 1. The average Bonchev–Trinajstić information content (AvgIpc) is 2.97. The molecule has 4 heteroatoms. The second-order valence-electron chi connectivity index (χ2n) is 5.57. The molecule has 3 rings (SSSR count). The lowest BCUT2D eigenvalue weighted by Crippen LogP contribution is -2.25. The van der Waals surface area contributed by atoms with E-state index in [1.807, 2.05) is 13.0 Å². The number of nitrogens with one attached hydrogen (secondary N) is 1. The van der Waals surface area contributed by atoms with E-state index in [0.29, 0.717) is 13.1 Å². The lowest BCUT2D eigenvalue weighted by atomic mass is 10.1. The maximum absolute atomic E-state index is 12.3. The van der Waals surface area contributed by atoms with Crippen molar-refractivity contribution in [2.24, 2.45) is 0 Å². The summed E-state index contributed by atoms with van der Waals surface area (Å²) in [5.41, 5.74) is 4.34. The summed E-state index contributed by atoms with van der Waals surface area (Å²) < 4.78 is 3.30. The molecule has 3 aromatic rings. The van der Waals surface area contributed by atoms with Gasteiger partial charge in [-0.25, -0.2) is 0 Å². The van der Waals surface area contributed by atoms with E-state index >= 15 is 0 Å². The summed E-state index contributed by atoms with van der Waals surface area (Å²) >= 11 is 1.74. The second kappa shape index (κ2) is 5.97. The molecule has 2 aromatic heterocycles. The Morgan fingerprint density at radius 1 is 1.23 bits per heavy atom. The number of aromatic nitrogens is 1. The summed E-state index contributed by atoms with van der Waals surface area (Å²) in [6.45, 7) is 7.49. The maximum atomic E-state index is 12.3. The van der Waals surface area contributed by atoms with Crippen LogP contribution in [0.1, 0.15) is 33.4 Å². The molecule has 0 aliphatic carbocycles. The number of nitrogens with zero attached hydrogens (tertiary/aromatic N) is 1. The standard InChI is InChI=1S/C18H20N2OS/c1-4-19-18(21)16-10-17-15(9-13(3)22-17)20(16)11-14-7-5-6-12(2)8-14/h5-10H,4,11H2,1-3H3,(H,19,21). The lowest BCUT2D eigenvalue weighted by Gasteiger charge is -2.11. The van der Waals surface area contributed by atoms with Crippen LogP contribution < -0.4 is 5.32 Å². The monoisotopic (exact) mass is 312 g/mol. The van der Waals surface area contributed by atoms with Crippen LogP contribution in [0.5, 0.6) is 0 Å². The van der Waals surface area contributed by atoms with Crippen molar-refractivity contribution in [1.29, 1.82) is 0 Å². The summed E-state index contributed by atoms with van der Waals surface area (Å²) in [4.78, 5) is 13.6. The smallest absolute Gasteiger partial charge is 0.267 e. The third-order valence-electron chi connectivity index (χ3n) is 3.71. The molecule has 0 atom stereocenters. The normalized spacial score (nSPS) is 11.0. The van der Waals surface area contributed by atoms with E-state index in [9.17, 15) is 4.79 Å². The number of aryl methyl sites for hydroxylation is 2. The molecule has 0 saturated carbocycles. The van der Waals surface area contributed by atoms with Crippen LogP contribution in [0.3, 0.4) is 0 Å². The summed E-state index contributed by atoms with van der Waals surface area (Å²) in [5.74, 6) is -0.00351. The zero-order valence-corrected chi connectivity index (χ0v) is 14.0. The number of carbonyl (C=O) groups is 1. The molecule has 2 heterocycles. The Morgan fingerprint density at radius 2 is 2.05 bits per heavy atom. The van der Waals surface area contributed by atoms with Crippen LogP contribution in [0.4, 0.5) is 0 Å². The van der Waals surface area contributed by atoms with E-state index in [-0.39, 0.29) is 5.91 Å². The molecule has 0 radical (unpaired) electrons. The summed E-state index contributed by atoms with van der Waals surface area (Å²) in [6.07, 6.45) is 0. The Bertz CT molecular complexity index is 829. The molecule has 0 spiro atoms. The van der Waals surface area contributed by atoms with E-state index in [2.05, 4.69) is 54.1 Å². The van der Waals surface area contributed by atoms with E-state index in [4.69, 9.17) is 0 Å². The molecule has 0 fully saturated rings. The van der Waals surface area contributed by atoms with Crippen molar-refractivity contribution < 1.29 is 4.79 Å². The van der Waals surface area contributed by atoms with Crippen LogP contribution >= 0.6 is 11.3 Å². The molecule has 0 aliphatic rings. The Labute approximate surface area is 134 Å². The molecular weight excluding hydrogens is 292 g/mol. The Morgan fingerprint density at radius 3 is 2.77 bits per heavy atom. The molecule has 114 valence electrons. The average molecular weight is 312 g/mol. The van der Waals surface area contributed by atoms with Gasteiger partial charge in [0.25, 0.3) is 5.91 Å². The van der Waals surface area contributed by atoms with Gasteiger partial charge in [0, 0.05) is 18.0 Å². The SMILES string of the molecule is CCNC(=O)c1cc2sc(C)cc2n1Cc1cccc(C)c1. The van der Waals surface area contributed by atoms with Crippen LogP contribution in [0.2, 0.25) is 0 Å². The minimum absolute atomic E-state index is 0.00351. The first-order valence-electron chi connectivity index (χ1n) is 7.52. The fraction of sp³-hybridized carbons (Fsp3) is 0.278. The van der Waals surface area contributed by atoms with Gasteiger partial charge in [-0.2, -0.15) is 0 Å². The molecular formula is C18H20N2OS. The number of hydrogen-bond donors (Lipinski definition) is 1. The molecule has 0 saturated heterocycles. The molecule has 0 bridgehead atoms. The minimum atomic E-state index is -0.00351. The predicted molar refractivity (Wildman–Crippen MR) is 92.8 cm³/mol. The predicted octanol–water partition coefficient (Wildman–Crippen LogP) is 4.12. The van der Waals surface area contributed by atoms with Gasteiger partial charge in [0.2, 0.25) is 0 Å². The van der Waals surface area contributed by atoms with Gasteiger partial charge in [-0.05, 0) is 38.5 Å². The van der Waals surface area contributed by atoms with Crippen molar-refractivity contribution in [2.75, 3.05) is 6.54 Å². The first-order valence-corrected chi connectivity index (χ1v) is 8.33. The number of thiophene rings is 1. The van der Waals surface area contributed by atoms with Crippen molar-refractivity contribution in [3.8, 4) is 0 Å². The largest absolute Gasteiger partial charge is 0.351 e. The van der Waals surface area contributed by atoms with Crippen LogP contribution in [0.15, 0.2) is 36.4 Å². The van der Waals surface area contributed by atoms with Gasteiger partial charge in [-0.3, -0.25) is 4.79 Å². The summed E-state index contributed by atoms with van der Waals surface area (Å²) in [7, 11) is 0. The topological polar surface area (TPSA) is 34.0 Å². The van der Waals surface area contributed by atoms with E-state index in [0.717, 1.165) is 11.2 Å². The summed E-state index contributed by atoms with van der Waals surface area (Å²) in [6, 6.07) is 12.6. The highest BCUT2D eigenvalue weighted by Crippen LogP contribution is 2.29. The highest BCUT2D eigenvalue weighted by Gasteiger charge is 2.17. The minimum Gasteiger partial charge on any atom is -0.351 e. The Balaban J connectivity index is 2.08. The number of carbonyl (C=O) groups excluding carboxylic acids is 1. The van der Waals surface area contributed by atoms with Gasteiger partial charge in [0.1, 0.15) is 5.69 Å². The van der Waals surface area contributed by atoms with E-state index in [1.54, 1.807) is 11.3 Å². The Hall–Kier alpha value is -2.07. The van der Waals surface area contributed by atoms with Crippen molar-refractivity contribution in [3.05, 3.63) is 58.1 Å². The highest BCUT2D eigenvalue weighted by molar-refractivity contribution is 7.19.